The first-order valence-corrected chi connectivity index (χ1v) is 6.81. The Kier molecular flexibility index (Phi) is 6.79. The number of ether oxygens (including phenoxy) is 1. The van der Waals surface area contributed by atoms with Crippen molar-refractivity contribution in [1.29, 1.82) is 0 Å². The third kappa shape index (κ3) is 4.32. The van der Waals surface area contributed by atoms with Crippen LogP contribution in [-0.4, -0.2) is 36.2 Å². The molecule has 0 saturated carbocycles. The molecule has 1 rings (SSSR count). The molecule has 102 valence electrons. The lowest BCUT2D eigenvalue weighted by Crippen LogP contribution is -2.28. The summed E-state index contributed by atoms with van der Waals surface area (Å²) in [4.78, 5) is 2.25. The summed E-state index contributed by atoms with van der Waals surface area (Å²) in [5, 5.41) is 10.2. The van der Waals surface area contributed by atoms with Crippen LogP contribution in [0.4, 0.5) is 0 Å². The number of benzene rings is 1. The molecule has 0 fully saturated rings. The molecule has 0 aliphatic heterocycles. The maximum Gasteiger partial charge on any atom is 0.143 e. The van der Waals surface area contributed by atoms with Gasteiger partial charge in [-0.05, 0) is 25.2 Å². The quantitative estimate of drug-likeness (QED) is 0.837. The molecule has 5 heteroatoms. The molecule has 0 unspecified atom stereocenters. The van der Waals surface area contributed by atoms with Gasteiger partial charge in [0.05, 0.1) is 11.6 Å². The van der Waals surface area contributed by atoms with Gasteiger partial charge in [-0.3, -0.25) is 0 Å². The first-order chi connectivity index (χ1) is 8.62. The normalized spacial score (nSPS) is 11.0. The lowest BCUT2D eigenvalue weighted by molar-refractivity contribution is 0.215. The third-order valence-electron chi connectivity index (χ3n) is 2.80. The van der Waals surface area contributed by atoms with E-state index in [4.69, 9.17) is 27.9 Å². The minimum atomic E-state index is -0.138. The smallest absolute Gasteiger partial charge is 0.143 e. The Morgan fingerprint density at radius 2 is 1.89 bits per heavy atom. The summed E-state index contributed by atoms with van der Waals surface area (Å²) in [5.74, 6) is 0.524. The van der Waals surface area contributed by atoms with Crippen LogP contribution in [0.2, 0.25) is 10.0 Å². The molecule has 1 aromatic rings. The van der Waals surface area contributed by atoms with Gasteiger partial charge in [0.25, 0.3) is 0 Å². The first kappa shape index (κ1) is 15.6. The van der Waals surface area contributed by atoms with Gasteiger partial charge in [-0.25, -0.2) is 0 Å². The van der Waals surface area contributed by atoms with E-state index in [1.807, 2.05) is 0 Å². The predicted octanol–water partition coefficient (Wildman–Crippen LogP) is 3.21. The summed E-state index contributed by atoms with van der Waals surface area (Å²) in [7, 11) is 0. The molecular formula is C13H19Cl2NO2. The van der Waals surface area contributed by atoms with E-state index in [-0.39, 0.29) is 6.61 Å². The average molecular weight is 292 g/mol. The van der Waals surface area contributed by atoms with Crippen LogP contribution in [0.1, 0.15) is 19.4 Å². The van der Waals surface area contributed by atoms with Crippen molar-refractivity contribution in [2.75, 3.05) is 26.2 Å². The van der Waals surface area contributed by atoms with Gasteiger partial charge in [-0.1, -0.05) is 37.0 Å². The SMILES string of the molecule is CCN(CC)CCOc1c(Cl)cc(Cl)cc1CO. The predicted molar refractivity (Wildman–Crippen MR) is 75.7 cm³/mol. The third-order valence-corrected chi connectivity index (χ3v) is 3.30. The van der Waals surface area contributed by atoms with E-state index in [0.29, 0.717) is 28.0 Å². The molecule has 1 aromatic carbocycles. The molecule has 0 aliphatic rings. The van der Waals surface area contributed by atoms with Crippen molar-refractivity contribution < 1.29 is 9.84 Å². The number of rotatable bonds is 7. The van der Waals surface area contributed by atoms with Crippen molar-refractivity contribution in [3.8, 4) is 5.75 Å². The van der Waals surface area contributed by atoms with Gasteiger partial charge in [0.15, 0.2) is 0 Å². The Morgan fingerprint density at radius 1 is 1.22 bits per heavy atom. The highest BCUT2D eigenvalue weighted by molar-refractivity contribution is 6.35. The zero-order valence-corrected chi connectivity index (χ0v) is 12.3. The van der Waals surface area contributed by atoms with Crippen LogP contribution < -0.4 is 4.74 Å². The van der Waals surface area contributed by atoms with Gasteiger partial charge in [-0.2, -0.15) is 0 Å². The monoisotopic (exact) mass is 291 g/mol. The van der Waals surface area contributed by atoms with Crippen LogP contribution in [-0.2, 0) is 6.61 Å². The molecule has 0 spiro atoms. The fourth-order valence-electron chi connectivity index (χ4n) is 1.71. The highest BCUT2D eigenvalue weighted by Gasteiger charge is 2.10. The van der Waals surface area contributed by atoms with Crippen LogP contribution in [0.3, 0.4) is 0 Å². The Bertz CT molecular complexity index is 381. The summed E-state index contributed by atoms with van der Waals surface area (Å²) in [6, 6.07) is 3.29. The average Bonchev–Trinajstić information content (AvgIpc) is 2.36. The Hall–Kier alpha value is -0.480. The van der Waals surface area contributed by atoms with Gasteiger partial charge < -0.3 is 14.7 Å². The summed E-state index contributed by atoms with van der Waals surface area (Å²) in [6.45, 7) is 7.42. The highest BCUT2D eigenvalue weighted by atomic mass is 35.5. The fourth-order valence-corrected chi connectivity index (χ4v) is 2.30. The van der Waals surface area contributed by atoms with E-state index >= 15 is 0 Å². The standard InChI is InChI=1S/C13H19Cl2NO2/c1-3-16(4-2)5-6-18-13-10(9-17)7-11(14)8-12(13)15/h7-8,17H,3-6,9H2,1-2H3. The maximum atomic E-state index is 9.26. The van der Waals surface area contributed by atoms with Gasteiger partial charge in [0.1, 0.15) is 12.4 Å². The van der Waals surface area contributed by atoms with Crippen molar-refractivity contribution in [2.45, 2.75) is 20.5 Å². The van der Waals surface area contributed by atoms with E-state index in [1.165, 1.54) is 0 Å². The molecule has 0 saturated heterocycles. The summed E-state index contributed by atoms with van der Waals surface area (Å²) in [6.07, 6.45) is 0. The fraction of sp³-hybridized carbons (Fsp3) is 0.538. The topological polar surface area (TPSA) is 32.7 Å². The van der Waals surface area contributed by atoms with Crippen molar-refractivity contribution >= 4 is 23.2 Å². The van der Waals surface area contributed by atoms with Crippen molar-refractivity contribution in [3.05, 3.63) is 27.7 Å². The summed E-state index contributed by atoms with van der Waals surface area (Å²) in [5.41, 5.74) is 0.618. The van der Waals surface area contributed by atoms with E-state index < -0.39 is 0 Å². The summed E-state index contributed by atoms with van der Waals surface area (Å²) >= 11 is 11.9. The van der Waals surface area contributed by atoms with E-state index in [9.17, 15) is 5.11 Å². The van der Waals surface area contributed by atoms with Crippen LogP contribution in [0.25, 0.3) is 0 Å². The Balaban J connectivity index is 2.66. The second-order valence-corrected chi connectivity index (χ2v) is 4.75. The number of hydrogen-bond donors (Lipinski definition) is 1. The van der Waals surface area contributed by atoms with Crippen molar-refractivity contribution in [1.82, 2.24) is 4.90 Å². The molecule has 0 bridgehead atoms. The molecule has 0 aliphatic carbocycles. The van der Waals surface area contributed by atoms with Crippen LogP contribution in [0.15, 0.2) is 12.1 Å². The zero-order chi connectivity index (χ0) is 13.5. The molecule has 1 N–H and O–H groups in total. The van der Waals surface area contributed by atoms with Gasteiger partial charge in [-0.15, -0.1) is 0 Å². The Labute approximate surface area is 118 Å². The number of aliphatic hydroxyl groups is 1. The van der Waals surface area contributed by atoms with Gasteiger partial charge in [0, 0.05) is 17.1 Å². The minimum absolute atomic E-state index is 0.138. The minimum Gasteiger partial charge on any atom is -0.490 e. The molecular weight excluding hydrogens is 273 g/mol. The molecule has 3 nitrogen and oxygen atoms in total. The highest BCUT2D eigenvalue weighted by Crippen LogP contribution is 2.32. The number of halogens is 2. The van der Waals surface area contributed by atoms with Gasteiger partial charge >= 0.3 is 0 Å². The van der Waals surface area contributed by atoms with Crippen LogP contribution >= 0.6 is 23.2 Å². The van der Waals surface area contributed by atoms with E-state index in [1.54, 1.807) is 12.1 Å². The van der Waals surface area contributed by atoms with Crippen molar-refractivity contribution in [2.24, 2.45) is 0 Å². The Morgan fingerprint density at radius 3 is 2.44 bits per heavy atom. The lowest BCUT2D eigenvalue weighted by atomic mass is 10.2. The number of nitrogens with zero attached hydrogens (tertiary/aromatic N) is 1. The van der Waals surface area contributed by atoms with Crippen LogP contribution in [0, 0.1) is 0 Å². The second kappa shape index (κ2) is 7.85. The molecule has 0 radical (unpaired) electrons. The lowest BCUT2D eigenvalue weighted by Gasteiger charge is -2.19. The second-order valence-electron chi connectivity index (χ2n) is 3.91. The molecule has 0 aromatic heterocycles. The largest absolute Gasteiger partial charge is 0.490 e. The first-order valence-electron chi connectivity index (χ1n) is 6.06. The number of hydrogen-bond acceptors (Lipinski definition) is 3. The molecule has 0 heterocycles. The molecule has 0 atom stereocenters. The zero-order valence-electron chi connectivity index (χ0n) is 10.7. The number of likely N-dealkylation sites (N-methyl/N-ethyl adjacent to an activating group) is 1. The van der Waals surface area contributed by atoms with E-state index in [2.05, 4.69) is 18.7 Å². The molecule has 0 amide bonds. The van der Waals surface area contributed by atoms with Crippen LogP contribution in [0.5, 0.6) is 5.75 Å². The van der Waals surface area contributed by atoms with Gasteiger partial charge in [0.2, 0.25) is 0 Å². The van der Waals surface area contributed by atoms with Crippen molar-refractivity contribution in [3.63, 3.8) is 0 Å². The number of aliphatic hydroxyl groups excluding tert-OH is 1. The molecule has 18 heavy (non-hydrogen) atoms. The maximum absolute atomic E-state index is 9.26. The van der Waals surface area contributed by atoms with E-state index in [0.717, 1.165) is 19.6 Å². The summed E-state index contributed by atoms with van der Waals surface area (Å²) < 4.78 is 5.66.